The molecule has 3 nitrogen and oxygen atoms in total. The SMILES string of the molecule is [2H]C([2H])(c1c[n+]2c(cc1-c1c(C)cccc1C)-c1c(ccc3c1oc1c4c(ccc13)CC(C)=C4C)C21c2ccccc2-c2cccc[n+]21)C(C)(C)C. The van der Waals surface area contributed by atoms with E-state index in [-0.39, 0.29) is 0 Å². The summed E-state index contributed by atoms with van der Waals surface area (Å²) >= 11 is 0. The van der Waals surface area contributed by atoms with Gasteiger partial charge in [-0.3, -0.25) is 0 Å². The fraction of sp³-hybridized carbons (Fsp3) is 0.234. The van der Waals surface area contributed by atoms with E-state index in [0.717, 1.165) is 73.1 Å². The molecule has 0 saturated heterocycles. The molecular formula is C47H42N2O+2. The molecule has 3 aromatic heterocycles. The molecular weight excluding hydrogens is 609 g/mol. The van der Waals surface area contributed by atoms with Crippen molar-refractivity contribution in [1.29, 1.82) is 0 Å². The molecule has 0 N–H and O–H groups in total. The molecule has 3 aliphatic rings. The van der Waals surface area contributed by atoms with E-state index in [9.17, 15) is 2.74 Å². The molecule has 244 valence electrons. The lowest BCUT2D eigenvalue weighted by Gasteiger charge is -2.23. The summed E-state index contributed by atoms with van der Waals surface area (Å²) in [6.45, 7) is 14.8. The Bertz CT molecular complexity index is 2710. The van der Waals surface area contributed by atoms with Gasteiger partial charge < -0.3 is 4.42 Å². The highest BCUT2D eigenvalue weighted by Crippen LogP contribution is 2.52. The smallest absolute Gasteiger partial charge is 0.417 e. The van der Waals surface area contributed by atoms with Crippen molar-refractivity contribution in [2.24, 2.45) is 5.41 Å². The number of furan rings is 1. The van der Waals surface area contributed by atoms with Gasteiger partial charge in [-0.15, -0.1) is 9.13 Å². The number of hydrogen-bond acceptors (Lipinski definition) is 1. The highest BCUT2D eigenvalue weighted by Gasteiger charge is 2.67. The second-order valence-electron chi connectivity index (χ2n) is 15.7. The third kappa shape index (κ3) is 3.70. The largest absolute Gasteiger partial charge is 0.454 e. The van der Waals surface area contributed by atoms with E-state index in [0.29, 0.717) is 5.56 Å². The molecule has 3 heteroatoms. The summed E-state index contributed by atoms with van der Waals surface area (Å²) in [6.07, 6.45) is 3.62. The number of rotatable bonds is 2. The van der Waals surface area contributed by atoms with Crippen LogP contribution in [0, 0.1) is 19.3 Å². The Hall–Kier alpha value is -5.28. The second-order valence-corrected chi connectivity index (χ2v) is 15.7. The van der Waals surface area contributed by atoms with Gasteiger partial charge in [0.05, 0.1) is 5.56 Å². The molecule has 2 aliphatic heterocycles. The highest BCUT2D eigenvalue weighted by molar-refractivity contribution is 6.13. The van der Waals surface area contributed by atoms with Crippen LogP contribution < -0.4 is 9.13 Å². The molecule has 1 unspecified atom stereocenters. The normalized spacial score (nSPS) is 18.0. The summed E-state index contributed by atoms with van der Waals surface area (Å²) in [4.78, 5) is 0. The van der Waals surface area contributed by atoms with Gasteiger partial charge in [-0.1, -0.05) is 68.8 Å². The van der Waals surface area contributed by atoms with Crippen LogP contribution in [-0.4, -0.2) is 0 Å². The molecule has 0 radical (unpaired) electrons. The summed E-state index contributed by atoms with van der Waals surface area (Å²) in [5.41, 5.74) is 17.2. The molecule has 5 heterocycles. The van der Waals surface area contributed by atoms with Crippen LogP contribution in [0.25, 0.3) is 61.2 Å². The molecule has 0 amide bonds. The first-order valence-corrected chi connectivity index (χ1v) is 17.8. The number of hydrogen-bond donors (Lipinski definition) is 0. The van der Waals surface area contributed by atoms with Crippen LogP contribution in [0.2, 0.25) is 0 Å². The lowest BCUT2D eigenvalue weighted by molar-refractivity contribution is -0.955. The van der Waals surface area contributed by atoms with E-state index >= 15 is 0 Å². The Kier molecular flexibility index (Phi) is 5.46. The zero-order valence-corrected chi connectivity index (χ0v) is 29.8. The maximum absolute atomic E-state index is 9.86. The number of benzene rings is 4. The minimum atomic E-state index is -1.67. The number of aryl methyl sites for hydroxylation is 2. The number of nitrogens with zero attached hydrogens (tertiary/aromatic N) is 2. The van der Waals surface area contributed by atoms with Gasteiger partial charge in [-0.2, -0.15) is 0 Å². The van der Waals surface area contributed by atoms with Gasteiger partial charge in [0.2, 0.25) is 11.4 Å². The number of pyridine rings is 2. The third-order valence-electron chi connectivity index (χ3n) is 11.5. The highest BCUT2D eigenvalue weighted by atomic mass is 16.3. The van der Waals surface area contributed by atoms with Crippen molar-refractivity contribution in [2.45, 2.75) is 66.9 Å². The van der Waals surface area contributed by atoms with Crippen molar-refractivity contribution in [1.82, 2.24) is 0 Å². The van der Waals surface area contributed by atoms with E-state index in [1.165, 1.54) is 33.4 Å². The first-order chi connectivity index (χ1) is 24.9. The first kappa shape index (κ1) is 27.5. The molecule has 10 rings (SSSR count). The Balaban J connectivity index is 1.43. The fourth-order valence-electron chi connectivity index (χ4n) is 9.38. The number of fused-ring (bicyclic) bond motifs is 16. The Morgan fingerprint density at radius 2 is 1.42 bits per heavy atom. The summed E-state index contributed by atoms with van der Waals surface area (Å²) in [5.74, 6) is 0. The number of aromatic nitrogens is 2. The summed E-state index contributed by atoms with van der Waals surface area (Å²) in [5, 5.41) is 2.23. The second kappa shape index (κ2) is 9.91. The van der Waals surface area contributed by atoms with Gasteiger partial charge in [0.15, 0.2) is 12.4 Å². The average molecular weight is 653 g/mol. The van der Waals surface area contributed by atoms with E-state index in [1.807, 2.05) is 20.8 Å². The Morgan fingerprint density at radius 1 is 0.700 bits per heavy atom. The molecule has 50 heavy (non-hydrogen) atoms. The molecule has 4 aromatic carbocycles. The predicted octanol–water partition coefficient (Wildman–Crippen LogP) is 10.6. The van der Waals surface area contributed by atoms with E-state index < -0.39 is 17.5 Å². The molecule has 1 spiro atoms. The minimum Gasteiger partial charge on any atom is -0.454 e. The summed E-state index contributed by atoms with van der Waals surface area (Å²) in [7, 11) is 0. The maximum atomic E-state index is 9.86. The van der Waals surface area contributed by atoms with Crippen LogP contribution in [0.5, 0.6) is 0 Å². The van der Waals surface area contributed by atoms with Crippen LogP contribution >= 0.6 is 0 Å². The van der Waals surface area contributed by atoms with Crippen molar-refractivity contribution < 1.29 is 16.3 Å². The maximum Gasteiger partial charge on any atom is 0.417 e. The van der Waals surface area contributed by atoms with Gasteiger partial charge in [0.1, 0.15) is 27.9 Å². The standard InChI is InChI=1S/C47H42N2O/c1-27-13-12-14-28(2)41(27)36-24-40-43-38(21-20-34-33-19-18-31-23-29(3)30(4)42(31)44(33)50-45(34)43)47(49(40)26-32(36)25-46(5,6)7)37-16-9-8-15-35(37)39-17-10-11-22-48(39)47/h8-22,24,26H,23,25H2,1-7H3/q+2/i25D2. The fourth-order valence-corrected chi connectivity index (χ4v) is 9.38. The average Bonchev–Trinajstić information content (AvgIpc) is 3.81. The van der Waals surface area contributed by atoms with Crippen LogP contribution in [-0.2, 0) is 18.5 Å². The van der Waals surface area contributed by atoms with Crippen LogP contribution in [0.4, 0.5) is 0 Å². The van der Waals surface area contributed by atoms with Crippen LogP contribution in [0.1, 0.15) is 76.3 Å². The van der Waals surface area contributed by atoms with Gasteiger partial charge in [0.25, 0.3) is 0 Å². The van der Waals surface area contributed by atoms with Gasteiger partial charge >= 0.3 is 5.66 Å². The van der Waals surface area contributed by atoms with Crippen molar-refractivity contribution in [2.75, 3.05) is 0 Å². The van der Waals surface area contributed by atoms with E-state index in [4.69, 9.17) is 4.42 Å². The molecule has 7 aromatic rings. The topological polar surface area (TPSA) is 20.9 Å². The van der Waals surface area contributed by atoms with Crippen molar-refractivity contribution in [3.8, 4) is 33.6 Å². The molecule has 0 bridgehead atoms. The molecule has 1 aliphatic carbocycles. The Labute approximate surface area is 297 Å². The van der Waals surface area contributed by atoms with Crippen molar-refractivity contribution in [3.63, 3.8) is 0 Å². The lowest BCUT2D eigenvalue weighted by Crippen LogP contribution is -2.71. The van der Waals surface area contributed by atoms with Crippen molar-refractivity contribution in [3.05, 3.63) is 148 Å². The summed E-state index contributed by atoms with van der Waals surface area (Å²) in [6, 6.07) is 32.9. The zero-order chi connectivity index (χ0) is 36.1. The van der Waals surface area contributed by atoms with E-state index in [1.54, 1.807) is 0 Å². The minimum absolute atomic E-state index is 0.680. The zero-order valence-electron chi connectivity index (χ0n) is 31.8. The lowest BCUT2D eigenvalue weighted by atomic mass is 9.83. The quantitative estimate of drug-likeness (QED) is 0.170. The molecule has 0 saturated carbocycles. The van der Waals surface area contributed by atoms with Gasteiger partial charge in [-0.25, -0.2) is 0 Å². The van der Waals surface area contributed by atoms with E-state index in [2.05, 4.69) is 140 Å². The van der Waals surface area contributed by atoms with Gasteiger partial charge in [0, 0.05) is 42.8 Å². The summed E-state index contributed by atoms with van der Waals surface area (Å²) < 4.78 is 31.7. The first-order valence-electron chi connectivity index (χ1n) is 18.8. The predicted molar refractivity (Wildman–Crippen MR) is 203 cm³/mol. The monoisotopic (exact) mass is 652 g/mol. The molecule has 0 fully saturated rings. The van der Waals surface area contributed by atoms with Gasteiger partial charge in [-0.05, 0) is 110 Å². The van der Waals surface area contributed by atoms with Crippen LogP contribution in [0.15, 0.2) is 113 Å². The van der Waals surface area contributed by atoms with Crippen LogP contribution in [0.3, 0.4) is 0 Å². The number of allylic oxidation sites excluding steroid dienone is 2. The molecule has 1 atom stereocenters. The van der Waals surface area contributed by atoms with Crippen molar-refractivity contribution >= 4 is 27.5 Å². The Morgan fingerprint density at radius 3 is 2.20 bits per heavy atom. The third-order valence-corrected chi connectivity index (χ3v) is 11.5.